The third kappa shape index (κ3) is 3.45. The van der Waals surface area contributed by atoms with Gasteiger partial charge in [0.15, 0.2) is 0 Å². The quantitative estimate of drug-likeness (QED) is 0.682. The van der Waals surface area contributed by atoms with Gasteiger partial charge in [-0.05, 0) is 48.8 Å². The van der Waals surface area contributed by atoms with Crippen molar-refractivity contribution in [2.24, 2.45) is 0 Å². The first-order valence-electron chi connectivity index (χ1n) is 9.61. The lowest BCUT2D eigenvalue weighted by atomic mass is 9.97. The van der Waals surface area contributed by atoms with E-state index < -0.39 is 0 Å². The molecule has 0 unspecified atom stereocenters. The van der Waals surface area contributed by atoms with E-state index in [2.05, 4.69) is 16.2 Å². The summed E-state index contributed by atoms with van der Waals surface area (Å²) in [6.45, 7) is 3.87. The van der Waals surface area contributed by atoms with Crippen LogP contribution < -0.4 is 16.2 Å². The molecular formula is C23H22N4O3. The van der Waals surface area contributed by atoms with Gasteiger partial charge in [-0.1, -0.05) is 30.3 Å². The smallest absolute Gasteiger partial charge is 0.261 e. The van der Waals surface area contributed by atoms with E-state index in [0.29, 0.717) is 22.5 Å². The van der Waals surface area contributed by atoms with E-state index >= 15 is 0 Å². The fraction of sp³-hybridized carbons (Fsp3) is 0.174. The molecule has 0 fully saturated rings. The normalized spacial score (nSPS) is 15.1. The molecule has 0 atom stereocenters. The number of fused-ring (bicyclic) bond motifs is 1. The van der Waals surface area contributed by atoms with Gasteiger partial charge >= 0.3 is 0 Å². The van der Waals surface area contributed by atoms with Crippen LogP contribution >= 0.6 is 0 Å². The highest BCUT2D eigenvalue weighted by Crippen LogP contribution is 2.27. The Morgan fingerprint density at radius 3 is 2.47 bits per heavy atom. The molecular weight excluding hydrogens is 380 g/mol. The Hall–Kier alpha value is -3.87. The minimum absolute atomic E-state index is 0.00966. The third-order valence-electron chi connectivity index (χ3n) is 5.23. The predicted molar refractivity (Wildman–Crippen MR) is 113 cm³/mol. The zero-order valence-corrected chi connectivity index (χ0v) is 17.0. The van der Waals surface area contributed by atoms with E-state index in [1.807, 2.05) is 44.2 Å². The zero-order valence-electron chi connectivity index (χ0n) is 17.0. The predicted octanol–water partition coefficient (Wildman–Crippen LogP) is 2.18. The Bertz CT molecular complexity index is 1150. The van der Waals surface area contributed by atoms with Crippen LogP contribution in [0.3, 0.4) is 0 Å². The number of hydrogen-bond acceptors (Lipinski definition) is 5. The number of imide groups is 1. The molecule has 2 aliphatic rings. The Kier molecular flexibility index (Phi) is 4.87. The van der Waals surface area contributed by atoms with Crippen LogP contribution in [0.2, 0.25) is 0 Å². The first kappa shape index (κ1) is 19.4. The molecule has 0 saturated carbocycles. The molecule has 0 bridgehead atoms. The maximum absolute atomic E-state index is 12.6. The van der Waals surface area contributed by atoms with Crippen molar-refractivity contribution in [1.82, 2.24) is 21.1 Å². The van der Waals surface area contributed by atoms with Crippen molar-refractivity contribution >= 4 is 23.4 Å². The lowest BCUT2D eigenvalue weighted by molar-refractivity contribution is -0.119. The summed E-state index contributed by atoms with van der Waals surface area (Å²) in [5, 5.41) is 2.80. The number of rotatable bonds is 4. The van der Waals surface area contributed by atoms with Crippen molar-refractivity contribution in [1.29, 1.82) is 0 Å². The molecule has 152 valence electrons. The largest absolute Gasteiger partial charge is 0.311 e. The number of amides is 3. The number of carbonyl (C=O) groups is 3. The number of hydrogen-bond donors (Lipinski definition) is 3. The van der Waals surface area contributed by atoms with Crippen molar-refractivity contribution in [2.75, 3.05) is 7.05 Å². The first-order chi connectivity index (χ1) is 14.3. The summed E-state index contributed by atoms with van der Waals surface area (Å²) in [5.74, 6) is -0.498. The van der Waals surface area contributed by atoms with E-state index in [-0.39, 0.29) is 24.1 Å². The molecule has 0 spiro atoms. The van der Waals surface area contributed by atoms with Crippen LogP contribution in [0.1, 0.15) is 43.0 Å². The Labute approximate surface area is 174 Å². The number of carbonyl (C=O) groups excluding carboxylic acids is 3. The Morgan fingerprint density at radius 1 is 1.00 bits per heavy atom. The van der Waals surface area contributed by atoms with Crippen molar-refractivity contribution in [3.63, 3.8) is 0 Å². The summed E-state index contributed by atoms with van der Waals surface area (Å²) in [5.41, 5.74) is 11.2. The van der Waals surface area contributed by atoms with E-state index in [4.69, 9.17) is 0 Å². The van der Waals surface area contributed by atoms with Crippen LogP contribution in [0.4, 0.5) is 0 Å². The first-order valence-corrected chi connectivity index (χ1v) is 9.61. The molecule has 2 aromatic carbocycles. The second-order valence-electron chi connectivity index (χ2n) is 7.47. The molecule has 7 nitrogen and oxygen atoms in total. The lowest BCUT2D eigenvalue weighted by Gasteiger charge is -2.21. The zero-order chi connectivity index (χ0) is 21.4. The van der Waals surface area contributed by atoms with Gasteiger partial charge in [0, 0.05) is 12.6 Å². The number of nitrogens with one attached hydrogen (secondary N) is 3. The Morgan fingerprint density at radius 2 is 1.77 bits per heavy atom. The Balaban J connectivity index is 1.51. The van der Waals surface area contributed by atoms with Crippen LogP contribution in [0.25, 0.3) is 5.70 Å². The molecule has 0 aliphatic carbocycles. The molecule has 0 radical (unpaired) electrons. The summed E-state index contributed by atoms with van der Waals surface area (Å²) < 4.78 is 0. The highest BCUT2D eigenvalue weighted by atomic mass is 16.2. The highest BCUT2D eigenvalue weighted by molar-refractivity contribution is 6.22. The van der Waals surface area contributed by atoms with Gasteiger partial charge in [-0.3, -0.25) is 30.1 Å². The van der Waals surface area contributed by atoms with Crippen LogP contribution in [-0.2, 0) is 11.2 Å². The molecule has 7 heteroatoms. The maximum Gasteiger partial charge on any atom is 0.261 e. The number of nitrogens with zero attached hydrogens (tertiary/aromatic N) is 1. The third-order valence-corrected chi connectivity index (χ3v) is 5.23. The van der Waals surface area contributed by atoms with Gasteiger partial charge in [-0.15, -0.1) is 0 Å². The fourth-order valence-corrected chi connectivity index (χ4v) is 3.72. The van der Waals surface area contributed by atoms with Crippen molar-refractivity contribution < 1.29 is 14.4 Å². The van der Waals surface area contributed by atoms with E-state index in [1.54, 1.807) is 18.2 Å². The van der Waals surface area contributed by atoms with Crippen LogP contribution in [0, 0.1) is 13.8 Å². The number of hydrazine groups is 1. The molecule has 4 rings (SSSR count). The van der Waals surface area contributed by atoms with E-state index in [1.165, 1.54) is 7.05 Å². The molecule has 2 heterocycles. The number of benzene rings is 2. The van der Waals surface area contributed by atoms with Crippen molar-refractivity contribution in [3.8, 4) is 0 Å². The minimum Gasteiger partial charge on any atom is -0.311 e. The molecule has 3 N–H and O–H groups in total. The van der Waals surface area contributed by atoms with Gasteiger partial charge in [-0.25, -0.2) is 0 Å². The number of allylic oxidation sites excluding steroid dienone is 2. The second-order valence-corrected chi connectivity index (χ2v) is 7.47. The van der Waals surface area contributed by atoms with Gasteiger partial charge in [0.05, 0.1) is 23.2 Å². The summed E-state index contributed by atoms with van der Waals surface area (Å²) >= 11 is 0. The number of aryl methyl sites for hydroxylation is 2. The van der Waals surface area contributed by atoms with Crippen LogP contribution in [0.5, 0.6) is 0 Å². The van der Waals surface area contributed by atoms with Gasteiger partial charge in [-0.2, -0.15) is 0 Å². The highest BCUT2D eigenvalue weighted by Gasteiger charge is 2.35. The molecule has 3 amide bonds. The SMILES string of the molecule is Cc1cc(CC(=O)NC2=CC=C(c3ccccc3C)NN2)c2c(c1)C(=O)N(C)C2=O. The standard InChI is InChI=1S/C23H22N4O3/c1-13-10-15(21-17(11-13)22(29)27(3)23(21)30)12-20(28)24-19-9-8-18(25-26-19)16-7-5-4-6-14(16)2/h4-11,25-26H,12H2,1-3H3,(H,24,28). The summed E-state index contributed by atoms with van der Waals surface area (Å²) in [4.78, 5) is 38.4. The topological polar surface area (TPSA) is 90.5 Å². The van der Waals surface area contributed by atoms with Crippen LogP contribution in [-0.4, -0.2) is 29.7 Å². The van der Waals surface area contributed by atoms with Gasteiger partial charge < -0.3 is 5.32 Å². The summed E-state index contributed by atoms with van der Waals surface area (Å²) in [6, 6.07) is 11.5. The average molecular weight is 402 g/mol. The lowest BCUT2D eigenvalue weighted by Crippen LogP contribution is -2.41. The van der Waals surface area contributed by atoms with Gasteiger partial charge in [0.25, 0.3) is 11.8 Å². The van der Waals surface area contributed by atoms with E-state index in [0.717, 1.165) is 27.3 Å². The minimum atomic E-state index is -0.375. The van der Waals surface area contributed by atoms with Crippen molar-refractivity contribution in [2.45, 2.75) is 20.3 Å². The monoisotopic (exact) mass is 402 g/mol. The van der Waals surface area contributed by atoms with Gasteiger partial charge in [0.2, 0.25) is 5.91 Å². The maximum atomic E-state index is 12.6. The summed E-state index contributed by atoms with van der Waals surface area (Å²) in [7, 11) is 1.45. The molecule has 2 aliphatic heterocycles. The van der Waals surface area contributed by atoms with Crippen molar-refractivity contribution in [3.05, 3.63) is 87.8 Å². The summed E-state index contributed by atoms with van der Waals surface area (Å²) in [6.07, 6.45) is 3.65. The van der Waals surface area contributed by atoms with Crippen LogP contribution in [0.15, 0.2) is 54.4 Å². The molecule has 30 heavy (non-hydrogen) atoms. The van der Waals surface area contributed by atoms with E-state index in [9.17, 15) is 14.4 Å². The molecule has 2 aromatic rings. The fourth-order valence-electron chi connectivity index (χ4n) is 3.72. The van der Waals surface area contributed by atoms with Gasteiger partial charge in [0.1, 0.15) is 5.82 Å². The molecule has 0 saturated heterocycles. The second kappa shape index (κ2) is 7.51. The molecule has 0 aromatic heterocycles. The average Bonchev–Trinajstić information content (AvgIpc) is 2.93.